The number of aliphatic carboxylic acids is 1. The van der Waals surface area contributed by atoms with Gasteiger partial charge in [-0.2, -0.15) is 0 Å². The Morgan fingerprint density at radius 3 is 2.67 bits per heavy atom. The molecule has 0 radical (unpaired) electrons. The molecule has 0 bridgehead atoms. The number of carboxylic acid groups (broad SMARTS) is 1. The molecule has 1 aromatic carbocycles. The molecule has 4 nitrogen and oxygen atoms in total. The Labute approximate surface area is 107 Å². The number of carboxylic acids is 1. The Morgan fingerprint density at radius 2 is 2.11 bits per heavy atom. The monoisotopic (exact) mass is 249 g/mol. The number of hydrogen-bond donors (Lipinski definition) is 2. The second-order valence-electron chi connectivity index (χ2n) is 4.30. The third-order valence-electron chi connectivity index (χ3n) is 2.78. The summed E-state index contributed by atoms with van der Waals surface area (Å²) in [7, 11) is 0. The highest BCUT2D eigenvalue weighted by atomic mass is 16.4. The quantitative estimate of drug-likeness (QED) is 0.811. The molecule has 1 rings (SSSR count). The van der Waals surface area contributed by atoms with Crippen LogP contribution in [-0.2, 0) is 9.59 Å². The number of amides is 1. The predicted molar refractivity (Wildman–Crippen MR) is 69.5 cm³/mol. The van der Waals surface area contributed by atoms with Crippen molar-refractivity contribution in [2.45, 2.75) is 32.6 Å². The van der Waals surface area contributed by atoms with Crippen LogP contribution in [0.5, 0.6) is 0 Å². The molecule has 0 aromatic heterocycles. The Bertz CT molecular complexity index is 429. The van der Waals surface area contributed by atoms with Gasteiger partial charge in [-0.1, -0.05) is 29.8 Å². The lowest BCUT2D eigenvalue weighted by Crippen LogP contribution is -2.24. The number of hydrogen-bond acceptors (Lipinski definition) is 2. The van der Waals surface area contributed by atoms with Crippen molar-refractivity contribution in [2.75, 3.05) is 6.54 Å². The molecule has 0 aliphatic heterocycles. The Hall–Kier alpha value is -1.84. The zero-order valence-corrected chi connectivity index (χ0v) is 10.8. The maximum absolute atomic E-state index is 11.4. The lowest BCUT2D eigenvalue weighted by molar-refractivity contribution is -0.139. The van der Waals surface area contributed by atoms with Crippen molar-refractivity contribution in [1.82, 2.24) is 5.32 Å². The summed E-state index contributed by atoms with van der Waals surface area (Å²) in [5.41, 5.74) is 1.78. The van der Waals surface area contributed by atoms with Gasteiger partial charge in [0.05, 0.1) is 5.92 Å². The van der Waals surface area contributed by atoms with E-state index in [0.29, 0.717) is 13.0 Å². The number of rotatable bonds is 6. The highest BCUT2D eigenvalue weighted by Crippen LogP contribution is 2.22. The molecule has 2 N–H and O–H groups in total. The first-order valence-electron chi connectivity index (χ1n) is 6.10. The van der Waals surface area contributed by atoms with E-state index in [4.69, 9.17) is 0 Å². The normalized spacial score (nSPS) is 11.9. The molecule has 0 aliphatic rings. The number of aryl methyl sites for hydroxylation is 1. The van der Waals surface area contributed by atoms with Crippen LogP contribution in [0.4, 0.5) is 0 Å². The van der Waals surface area contributed by atoms with Gasteiger partial charge in [0.15, 0.2) is 0 Å². The smallest absolute Gasteiger partial charge is 0.310 e. The van der Waals surface area contributed by atoms with Gasteiger partial charge in [-0.05, 0) is 25.8 Å². The van der Waals surface area contributed by atoms with Crippen LogP contribution in [0.25, 0.3) is 0 Å². The fourth-order valence-electron chi connectivity index (χ4n) is 1.88. The Morgan fingerprint density at radius 1 is 1.39 bits per heavy atom. The minimum absolute atomic E-state index is 0.101. The molecule has 18 heavy (non-hydrogen) atoms. The van der Waals surface area contributed by atoms with E-state index in [9.17, 15) is 14.7 Å². The van der Waals surface area contributed by atoms with Crippen LogP contribution in [0.2, 0.25) is 0 Å². The summed E-state index contributed by atoms with van der Waals surface area (Å²) < 4.78 is 0. The van der Waals surface area contributed by atoms with E-state index < -0.39 is 11.9 Å². The van der Waals surface area contributed by atoms with Gasteiger partial charge in [-0.15, -0.1) is 0 Å². The van der Waals surface area contributed by atoms with Crippen molar-refractivity contribution in [2.24, 2.45) is 0 Å². The highest BCUT2D eigenvalue weighted by Gasteiger charge is 2.20. The number of carbonyl (C=O) groups excluding carboxylic acids is 1. The molecule has 4 heteroatoms. The van der Waals surface area contributed by atoms with E-state index >= 15 is 0 Å². The van der Waals surface area contributed by atoms with Gasteiger partial charge in [-0.25, -0.2) is 0 Å². The first-order valence-corrected chi connectivity index (χ1v) is 6.10. The fraction of sp³-hybridized carbons (Fsp3) is 0.429. The van der Waals surface area contributed by atoms with E-state index in [-0.39, 0.29) is 12.3 Å². The number of benzene rings is 1. The average Bonchev–Trinajstić information content (AvgIpc) is 2.29. The minimum atomic E-state index is -0.884. The largest absolute Gasteiger partial charge is 0.481 e. The van der Waals surface area contributed by atoms with E-state index in [1.165, 1.54) is 0 Å². The standard InChI is InChI=1S/C14H19NO3/c1-3-15-13(16)8-7-12(14(17)18)11-6-4-5-10(2)9-11/h4-6,9,12H,3,7-8H2,1-2H3,(H,15,16)(H,17,18). The van der Waals surface area contributed by atoms with Crippen molar-refractivity contribution < 1.29 is 14.7 Å². The maximum atomic E-state index is 11.4. The van der Waals surface area contributed by atoms with Gasteiger partial charge in [0.1, 0.15) is 0 Å². The first kappa shape index (κ1) is 14.2. The summed E-state index contributed by atoms with van der Waals surface area (Å²) in [6.07, 6.45) is 0.559. The van der Waals surface area contributed by atoms with Crippen molar-refractivity contribution in [1.29, 1.82) is 0 Å². The third-order valence-corrected chi connectivity index (χ3v) is 2.78. The number of nitrogens with one attached hydrogen (secondary N) is 1. The Balaban J connectivity index is 2.72. The van der Waals surface area contributed by atoms with Crippen molar-refractivity contribution in [3.05, 3.63) is 35.4 Å². The van der Waals surface area contributed by atoms with Gasteiger partial charge < -0.3 is 10.4 Å². The van der Waals surface area contributed by atoms with Crippen LogP contribution in [0.1, 0.15) is 36.8 Å². The molecular formula is C14H19NO3. The van der Waals surface area contributed by atoms with Gasteiger partial charge >= 0.3 is 5.97 Å². The first-order chi connectivity index (χ1) is 8.54. The topological polar surface area (TPSA) is 66.4 Å². The molecule has 1 atom stereocenters. The zero-order valence-electron chi connectivity index (χ0n) is 10.8. The molecule has 0 saturated heterocycles. The van der Waals surface area contributed by atoms with Crippen molar-refractivity contribution in [3.8, 4) is 0 Å². The molecule has 98 valence electrons. The summed E-state index contributed by atoms with van der Waals surface area (Å²) in [5.74, 6) is -1.60. The molecule has 1 amide bonds. The summed E-state index contributed by atoms with van der Waals surface area (Å²) in [4.78, 5) is 22.6. The van der Waals surface area contributed by atoms with Crippen molar-refractivity contribution >= 4 is 11.9 Å². The third kappa shape index (κ3) is 4.20. The van der Waals surface area contributed by atoms with E-state index in [0.717, 1.165) is 11.1 Å². The highest BCUT2D eigenvalue weighted by molar-refractivity contribution is 5.79. The second kappa shape index (κ2) is 6.79. The fourth-order valence-corrected chi connectivity index (χ4v) is 1.88. The molecule has 0 fully saturated rings. The van der Waals surface area contributed by atoms with E-state index in [1.54, 1.807) is 6.07 Å². The number of carbonyl (C=O) groups is 2. The summed E-state index contributed by atoms with van der Waals surface area (Å²) in [5, 5.41) is 11.9. The van der Waals surface area contributed by atoms with Crippen molar-refractivity contribution in [3.63, 3.8) is 0 Å². The maximum Gasteiger partial charge on any atom is 0.310 e. The van der Waals surface area contributed by atoms with Crippen LogP contribution in [-0.4, -0.2) is 23.5 Å². The Kier molecular flexibility index (Phi) is 5.36. The predicted octanol–water partition coefficient (Wildman–Crippen LogP) is 2.08. The summed E-state index contributed by atoms with van der Waals surface area (Å²) >= 11 is 0. The molecule has 0 aliphatic carbocycles. The van der Waals surface area contributed by atoms with Crippen LogP contribution in [0.15, 0.2) is 24.3 Å². The molecule has 0 saturated carbocycles. The van der Waals surface area contributed by atoms with Crippen LogP contribution in [0.3, 0.4) is 0 Å². The molecule has 1 aromatic rings. The summed E-state index contributed by atoms with van der Waals surface area (Å²) in [6, 6.07) is 7.42. The molecule has 0 heterocycles. The van der Waals surface area contributed by atoms with Crippen LogP contribution < -0.4 is 5.32 Å². The SMILES string of the molecule is CCNC(=O)CCC(C(=O)O)c1cccc(C)c1. The zero-order chi connectivity index (χ0) is 13.5. The summed E-state index contributed by atoms with van der Waals surface area (Å²) in [6.45, 7) is 4.33. The second-order valence-corrected chi connectivity index (χ2v) is 4.30. The van der Waals surface area contributed by atoms with E-state index in [1.807, 2.05) is 32.0 Å². The van der Waals surface area contributed by atoms with Gasteiger partial charge in [0.25, 0.3) is 0 Å². The average molecular weight is 249 g/mol. The van der Waals surface area contributed by atoms with Gasteiger partial charge in [0, 0.05) is 13.0 Å². The van der Waals surface area contributed by atoms with Crippen LogP contribution >= 0.6 is 0 Å². The molecular weight excluding hydrogens is 230 g/mol. The van der Waals surface area contributed by atoms with E-state index in [2.05, 4.69) is 5.32 Å². The van der Waals surface area contributed by atoms with Gasteiger partial charge in [0.2, 0.25) is 5.91 Å². The van der Waals surface area contributed by atoms with Gasteiger partial charge in [-0.3, -0.25) is 9.59 Å². The lowest BCUT2D eigenvalue weighted by atomic mass is 9.93. The lowest BCUT2D eigenvalue weighted by Gasteiger charge is -2.13. The minimum Gasteiger partial charge on any atom is -0.481 e. The van der Waals surface area contributed by atoms with Crippen LogP contribution in [0, 0.1) is 6.92 Å². The molecule has 0 spiro atoms. The molecule has 1 unspecified atom stereocenters.